The lowest BCUT2D eigenvalue weighted by Crippen LogP contribution is -2.32. The first kappa shape index (κ1) is 12.2. The minimum absolute atomic E-state index is 0.233. The molecule has 0 unspecified atom stereocenters. The Hall–Kier alpha value is -1.87. The van der Waals surface area contributed by atoms with Crippen LogP contribution >= 0.6 is 11.6 Å². The molecule has 0 saturated heterocycles. The molecule has 0 amide bonds. The van der Waals surface area contributed by atoms with E-state index in [4.69, 9.17) is 16.3 Å². The number of benzene rings is 2. The highest BCUT2D eigenvalue weighted by atomic mass is 35.5. The average Bonchev–Trinajstić information content (AvgIpc) is 2.42. The molecule has 0 bridgehead atoms. The summed E-state index contributed by atoms with van der Waals surface area (Å²) in [6, 6.07) is 13.2. The van der Waals surface area contributed by atoms with Gasteiger partial charge in [0.1, 0.15) is 18.1 Å². The van der Waals surface area contributed by atoms with Gasteiger partial charge in [0.05, 0.1) is 12.2 Å². The minimum Gasteiger partial charge on any atom is -0.508 e. The molecule has 1 N–H and O–H groups in total. The van der Waals surface area contributed by atoms with E-state index in [1.807, 2.05) is 30.3 Å². The van der Waals surface area contributed by atoms with Crippen LogP contribution in [0.25, 0.3) is 0 Å². The first-order chi connectivity index (χ1) is 9.24. The SMILES string of the molecule is Oc1cc(Cl)ccc1CN1CCOc2ccccc21. The van der Waals surface area contributed by atoms with E-state index in [2.05, 4.69) is 4.90 Å². The molecule has 1 aliphatic heterocycles. The topological polar surface area (TPSA) is 32.7 Å². The number of ether oxygens (including phenoxy) is 1. The molecule has 0 saturated carbocycles. The normalized spacial score (nSPS) is 13.8. The highest BCUT2D eigenvalue weighted by molar-refractivity contribution is 6.30. The third-order valence-electron chi connectivity index (χ3n) is 3.23. The molecule has 0 atom stereocenters. The van der Waals surface area contributed by atoms with Crippen molar-refractivity contribution in [3.63, 3.8) is 0 Å². The fourth-order valence-electron chi connectivity index (χ4n) is 2.27. The lowest BCUT2D eigenvalue weighted by molar-refractivity contribution is 0.306. The molecule has 0 aliphatic carbocycles. The van der Waals surface area contributed by atoms with Crippen molar-refractivity contribution in [1.82, 2.24) is 0 Å². The maximum absolute atomic E-state index is 9.93. The number of hydrogen-bond donors (Lipinski definition) is 1. The van der Waals surface area contributed by atoms with E-state index in [9.17, 15) is 5.11 Å². The predicted molar refractivity (Wildman–Crippen MR) is 76.1 cm³/mol. The van der Waals surface area contributed by atoms with Gasteiger partial charge in [0.15, 0.2) is 0 Å². The van der Waals surface area contributed by atoms with Gasteiger partial charge in [-0.25, -0.2) is 0 Å². The highest BCUT2D eigenvalue weighted by Gasteiger charge is 2.18. The standard InChI is InChI=1S/C15H14ClNO2/c16-12-6-5-11(14(18)9-12)10-17-7-8-19-15-4-2-1-3-13(15)17/h1-6,9,18H,7-8,10H2. The van der Waals surface area contributed by atoms with Gasteiger partial charge in [-0.15, -0.1) is 0 Å². The van der Waals surface area contributed by atoms with E-state index < -0.39 is 0 Å². The summed E-state index contributed by atoms with van der Waals surface area (Å²) in [5, 5.41) is 10.5. The van der Waals surface area contributed by atoms with E-state index in [0.29, 0.717) is 18.2 Å². The van der Waals surface area contributed by atoms with Gasteiger partial charge in [-0.3, -0.25) is 0 Å². The van der Waals surface area contributed by atoms with Gasteiger partial charge in [-0.1, -0.05) is 29.8 Å². The summed E-state index contributed by atoms with van der Waals surface area (Å²) in [6.45, 7) is 2.10. The van der Waals surface area contributed by atoms with Crippen LogP contribution in [-0.2, 0) is 6.54 Å². The van der Waals surface area contributed by atoms with Gasteiger partial charge >= 0.3 is 0 Å². The highest BCUT2D eigenvalue weighted by Crippen LogP contribution is 2.33. The van der Waals surface area contributed by atoms with Crippen molar-refractivity contribution >= 4 is 17.3 Å². The Morgan fingerprint density at radius 3 is 2.89 bits per heavy atom. The third kappa shape index (κ3) is 2.47. The zero-order chi connectivity index (χ0) is 13.2. The first-order valence-electron chi connectivity index (χ1n) is 6.18. The van der Waals surface area contributed by atoms with Crippen molar-refractivity contribution in [1.29, 1.82) is 0 Å². The van der Waals surface area contributed by atoms with Crippen molar-refractivity contribution in [2.75, 3.05) is 18.1 Å². The molecule has 0 radical (unpaired) electrons. The summed E-state index contributed by atoms with van der Waals surface area (Å²) < 4.78 is 5.62. The van der Waals surface area contributed by atoms with Crippen molar-refractivity contribution in [2.24, 2.45) is 0 Å². The van der Waals surface area contributed by atoms with Crippen LogP contribution in [0, 0.1) is 0 Å². The van der Waals surface area contributed by atoms with Crippen molar-refractivity contribution in [3.8, 4) is 11.5 Å². The number of nitrogens with zero attached hydrogens (tertiary/aromatic N) is 1. The predicted octanol–water partition coefficient (Wildman–Crippen LogP) is 3.44. The van der Waals surface area contributed by atoms with Crippen LogP contribution < -0.4 is 9.64 Å². The average molecular weight is 276 g/mol. The lowest BCUT2D eigenvalue weighted by Gasteiger charge is -2.31. The van der Waals surface area contributed by atoms with Gasteiger partial charge in [-0.2, -0.15) is 0 Å². The molecule has 19 heavy (non-hydrogen) atoms. The molecule has 4 heteroatoms. The molecular formula is C15H14ClNO2. The number of aromatic hydroxyl groups is 1. The van der Waals surface area contributed by atoms with E-state index in [-0.39, 0.29) is 5.75 Å². The smallest absolute Gasteiger partial charge is 0.142 e. The molecule has 98 valence electrons. The summed E-state index contributed by atoms with van der Waals surface area (Å²) in [4.78, 5) is 2.20. The van der Waals surface area contributed by atoms with Crippen molar-refractivity contribution in [2.45, 2.75) is 6.54 Å². The van der Waals surface area contributed by atoms with Gasteiger partial charge in [0.2, 0.25) is 0 Å². The molecule has 1 heterocycles. The number of rotatable bonds is 2. The van der Waals surface area contributed by atoms with Crippen LogP contribution in [0.1, 0.15) is 5.56 Å². The second kappa shape index (κ2) is 5.02. The summed E-state index contributed by atoms with van der Waals surface area (Å²) >= 11 is 5.85. The number of fused-ring (bicyclic) bond motifs is 1. The van der Waals surface area contributed by atoms with Crippen LogP contribution in [0.2, 0.25) is 5.02 Å². The largest absolute Gasteiger partial charge is 0.508 e. The number of halogens is 1. The van der Waals surface area contributed by atoms with Crippen LogP contribution in [-0.4, -0.2) is 18.3 Å². The fraction of sp³-hybridized carbons (Fsp3) is 0.200. The van der Waals surface area contributed by atoms with Crippen LogP contribution in [0.5, 0.6) is 11.5 Å². The quantitative estimate of drug-likeness (QED) is 0.911. The Kier molecular flexibility index (Phi) is 3.22. The Labute approximate surface area is 117 Å². The minimum atomic E-state index is 0.233. The molecular weight excluding hydrogens is 262 g/mol. The lowest BCUT2D eigenvalue weighted by atomic mass is 10.1. The van der Waals surface area contributed by atoms with E-state index >= 15 is 0 Å². The molecule has 0 aromatic heterocycles. The Balaban J connectivity index is 1.88. The summed E-state index contributed by atoms with van der Waals surface area (Å²) in [6.07, 6.45) is 0. The molecule has 2 aromatic carbocycles. The van der Waals surface area contributed by atoms with Gasteiger partial charge in [-0.05, 0) is 24.3 Å². The third-order valence-corrected chi connectivity index (χ3v) is 3.47. The Morgan fingerprint density at radius 1 is 1.21 bits per heavy atom. The zero-order valence-electron chi connectivity index (χ0n) is 10.3. The maximum Gasteiger partial charge on any atom is 0.142 e. The number of para-hydroxylation sites is 2. The molecule has 3 rings (SSSR count). The summed E-state index contributed by atoms with van der Waals surface area (Å²) in [5.41, 5.74) is 1.92. The van der Waals surface area contributed by atoms with Gasteiger partial charge in [0, 0.05) is 17.1 Å². The second-order valence-corrected chi connectivity index (χ2v) is 4.95. The van der Waals surface area contributed by atoms with E-state index in [0.717, 1.165) is 23.5 Å². The van der Waals surface area contributed by atoms with Gasteiger partial charge in [0.25, 0.3) is 0 Å². The van der Waals surface area contributed by atoms with Crippen LogP contribution in [0.4, 0.5) is 5.69 Å². The van der Waals surface area contributed by atoms with E-state index in [1.54, 1.807) is 12.1 Å². The maximum atomic E-state index is 9.93. The molecule has 3 nitrogen and oxygen atoms in total. The van der Waals surface area contributed by atoms with Crippen molar-refractivity contribution < 1.29 is 9.84 Å². The second-order valence-electron chi connectivity index (χ2n) is 4.51. The zero-order valence-corrected chi connectivity index (χ0v) is 11.1. The number of phenolic OH excluding ortho intramolecular Hbond substituents is 1. The van der Waals surface area contributed by atoms with Crippen LogP contribution in [0.3, 0.4) is 0 Å². The fourth-order valence-corrected chi connectivity index (χ4v) is 2.43. The molecule has 0 spiro atoms. The molecule has 2 aromatic rings. The Morgan fingerprint density at radius 2 is 2.05 bits per heavy atom. The monoisotopic (exact) mass is 275 g/mol. The van der Waals surface area contributed by atoms with E-state index in [1.165, 1.54) is 0 Å². The number of anilines is 1. The molecule has 0 fully saturated rings. The van der Waals surface area contributed by atoms with Gasteiger partial charge < -0.3 is 14.7 Å². The van der Waals surface area contributed by atoms with Crippen molar-refractivity contribution in [3.05, 3.63) is 53.1 Å². The summed E-state index contributed by atoms with van der Waals surface area (Å²) in [5.74, 6) is 1.12. The van der Waals surface area contributed by atoms with Crippen LogP contribution in [0.15, 0.2) is 42.5 Å². The number of phenols is 1. The summed E-state index contributed by atoms with van der Waals surface area (Å²) in [7, 11) is 0. The molecule has 1 aliphatic rings. The first-order valence-corrected chi connectivity index (χ1v) is 6.56. The number of hydrogen-bond acceptors (Lipinski definition) is 3. The Bertz CT molecular complexity index is 600.